The van der Waals surface area contributed by atoms with Crippen molar-refractivity contribution < 1.29 is 9.50 Å². The summed E-state index contributed by atoms with van der Waals surface area (Å²) in [5.74, 6) is -0.313. The minimum absolute atomic E-state index is 0.313. The van der Waals surface area contributed by atoms with Gasteiger partial charge in [-0.3, -0.25) is 4.68 Å². The lowest BCUT2D eigenvalue weighted by atomic mass is 10.1. The van der Waals surface area contributed by atoms with Crippen LogP contribution in [0.15, 0.2) is 36.5 Å². The van der Waals surface area contributed by atoms with E-state index in [2.05, 4.69) is 5.10 Å². The van der Waals surface area contributed by atoms with Gasteiger partial charge in [-0.25, -0.2) is 4.39 Å². The third-order valence-corrected chi connectivity index (χ3v) is 2.20. The minimum atomic E-state index is -0.799. The SMILES string of the molecule is Cn1ccc(C(O)c2ccc(F)cc2)n1. The van der Waals surface area contributed by atoms with Crippen molar-refractivity contribution in [1.29, 1.82) is 0 Å². The van der Waals surface area contributed by atoms with E-state index in [0.29, 0.717) is 11.3 Å². The van der Waals surface area contributed by atoms with E-state index in [4.69, 9.17) is 0 Å². The van der Waals surface area contributed by atoms with Gasteiger partial charge in [-0.1, -0.05) is 12.1 Å². The predicted molar refractivity (Wildman–Crippen MR) is 53.7 cm³/mol. The van der Waals surface area contributed by atoms with E-state index in [9.17, 15) is 9.50 Å². The van der Waals surface area contributed by atoms with Gasteiger partial charge < -0.3 is 5.11 Å². The zero-order chi connectivity index (χ0) is 10.8. The average molecular weight is 206 g/mol. The summed E-state index contributed by atoms with van der Waals surface area (Å²) in [5, 5.41) is 14.0. The zero-order valence-electron chi connectivity index (χ0n) is 8.26. The van der Waals surface area contributed by atoms with Crippen LogP contribution in [0, 0.1) is 5.82 Å². The highest BCUT2D eigenvalue weighted by Gasteiger charge is 2.12. The number of aryl methyl sites for hydroxylation is 1. The summed E-state index contributed by atoms with van der Waals surface area (Å²) in [7, 11) is 1.78. The molecule has 1 N–H and O–H groups in total. The van der Waals surface area contributed by atoms with E-state index >= 15 is 0 Å². The van der Waals surface area contributed by atoms with E-state index in [1.165, 1.54) is 12.1 Å². The van der Waals surface area contributed by atoms with E-state index in [1.807, 2.05) is 0 Å². The Morgan fingerprint density at radius 1 is 1.27 bits per heavy atom. The number of aliphatic hydroxyl groups is 1. The smallest absolute Gasteiger partial charge is 0.123 e. The van der Waals surface area contributed by atoms with Crippen LogP contribution >= 0.6 is 0 Å². The first kappa shape index (κ1) is 9.86. The minimum Gasteiger partial charge on any atom is -0.382 e. The number of aliphatic hydroxyl groups excluding tert-OH is 1. The first-order valence-electron chi connectivity index (χ1n) is 4.60. The van der Waals surface area contributed by atoms with Gasteiger partial charge in [0, 0.05) is 13.2 Å². The second-order valence-electron chi connectivity index (χ2n) is 3.37. The quantitative estimate of drug-likeness (QED) is 0.811. The summed E-state index contributed by atoms with van der Waals surface area (Å²) >= 11 is 0. The van der Waals surface area contributed by atoms with Crippen LogP contribution < -0.4 is 0 Å². The highest BCUT2D eigenvalue weighted by Crippen LogP contribution is 2.19. The molecule has 78 valence electrons. The summed E-state index contributed by atoms with van der Waals surface area (Å²) in [6.07, 6.45) is 0.953. The topological polar surface area (TPSA) is 38.0 Å². The number of nitrogens with zero attached hydrogens (tertiary/aromatic N) is 2. The Labute approximate surface area is 86.8 Å². The molecule has 0 aliphatic carbocycles. The van der Waals surface area contributed by atoms with Gasteiger partial charge in [0.05, 0.1) is 5.69 Å². The van der Waals surface area contributed by atoms with E-state index in [1.54, 1.807) is 36.1 Å². The van der Waals surface area contributed by atoms with Crippen LogP contribution in [0.1, 0.15) is 17.4 Å². The molecular weight excluding hydrogens is 195 g/mol. The van der Waals surface area contributed by atoms with Gasteiger partial charge in [-0.05, 0) is 23.8 Å². The third-order valence-electron chi connectivity index (χ3n) is 2.20. The number of hydrogen-bond donors (Lipinski definition) is 1. The van der Waals surface area contributed by atoms with Crippen molar-refractivity contribution in [3.63, 3.8) is 0 Å². The fourth-order valence-corrected chi connectivity index (χ4v) is 1.39. The van der Waals surface area contributed by atoms with E-state index in [-0.39, 0.29) is 5.82 Å². The second-order valence-corrected chi connectivity index (χ2v) is 3.37. The Hall–Kier alpha value is -1.68. The second kappa shape index (κ2) is 3.82. The van der Waals surface area contributed by atoms with Crippen LogP contribution in [-0.2, 0) is 7.05 Å². The van der Waals surface area contributed by atoms with E-state index in [0.717, 1.165) is 0 Å². The molecule has 0 bridgehead atoms. The summed E-state index contributed by atoms with van der Waals surface area (Å²) < 4.78 is 14.3. The van der Waals surface area contributed by atoms with Crippen molar-refractivity contribution in [2.75, 3.05) is 0 Å². The number of halogens is 1. The maximum Gasteiger partial charge on any atom is 0.123 e. The zero-order valence-corrected chi connectivity index (χ0v) is 8.26. The average Bonchev–Trinajstić information content (AvgIpc) is 2.65. The molecule has 1 heterocycles. The summed E-state index contributed by atoms with van der Waals surface area (Å²) in [5.41, 5.74) is 1.19. The van der Waals surface area contributed by atoms with E-state index < -0.39 is 6.10 Å². The lowest BCUT2D eigenvalue weighted by Crippen LogP contribution is -2.01. The van der Waals surface area contributed by atoms with Crippen molar-refractivity contribution in [1.82, 2.24) is 9.78 Å². The van der Waals surface area contributed by atoms with Crippen LogP contribution in [0.4, 0.5) is 4.39 Å². The van der Waals surface area contributed by atoms with Crippen molar-refractivity contribution >= 4 is 0 Å². The molecule has 0 saturated heterocycles. The van der Waals surface area contributed by atoms with Gasteiger partial charge in [-0.15, -0.1) is 0 Å². The molecule has 2 aromatic rings. The van der Waals surface area contributed by atoms with Gasteiger partial charge in [0.25, 0.3) is 0 Å². The molecule has 15 heavy (non-hydrogen) atoms. The lowest BCUT2D eigenvalue weighted by molar-refractivity contribution is 0.214. The van der Waals surface area contributed by atoms with Gasteiger partial charge in [0.1, 0.15) is 11.9 Å². The van der Waals surface area contributed by atoms with Gasteiger partial charge >= 0.3 is 0 Å². The summed E-state index contributed by atoms with van der Waals surface area (Å²) in [6.45, 7) is 0. The highest BCUT2D eigenvalue weighted by atomic mass is 19.1. The molecule has 0 spiro atoms. The first-order chi connectivity index (χ1) is 7.16. The van der Waals surface area contributed by atoms with Crippen molar-refractivity contribution in [3.8, 4) is 0 Å². The Morgan fingerprint density at radius 2 is 1.93 bits per heavy atom. The standard InChI is InChI=1S/C11H11FN2O/c1-14-7-6-10(13-14)11(15)8-2-4-9(12)5-3-8/h2-7,11,15H,1H3. The molecule has 1 atom stereocenters. The molecular formula is C11H11FN2O. The Kier molecular flexibility index (Phi) is 2.51. The van der Waals surface area contributed by atoms with Crippen LogP contribution in [-0.4, -0.2) is 14.9 Å². The maximum atomic E-state index is 12.7. The molecule has 4 heteroatoms. The molecule has 0 aliphatic heterocycles. The van der Waals surface area contributed by atoms with Crippen LogP contribution in [0.5, 0.6) is 0 Å². The fraction of sp³-hybridized carbons (Fsp3) is 0.182. The van der Waals surface area contributed by atoms with Crippen LogP contribution in [0.2, 0.25) is 0 Å². The summed E-state index contributed by atoms with van der Waals surface area (Å²) in [4.78, 5) is 0. The third kappa shape index (κ3) is 2.05. The maximum absolute atomic E-state index is 12.7. The van der Waals surface area contributed by atoms with Crippen LogP contribution in [0.25, 0.3) is 0 Å². The molecule has 0 fully saturated rings. The normalized spacial score (nSPS) is 12.7. The molecule has 3 nitrogen and oxygen atoms in total. The molecule has 0 aliphatic rings. The largest absolute Gasteiger partial charge is 0.382 e. The molecule has 1 unspecified atom stereocenters. The van der Waals surface area contributed by atoms with Gasteiger partial charge in [-0.2, -0.15) is 5.10 Å². The number of hydrogen-bond acceptors (Lipinski definition) is 2. The van der Waals surface area contributed by atoms with Crippen molar-refractivity contribution in [2.24, 2.45) is 7.05 Å². The summed E-state index contributed by atoms with van der Waals surface area (Å²) in [6, 6.07) is 7.47. The predicted octanol–water partition coefficient (Wildman–Crippen LogP) is 1.64. The molecule has 0 saturated carbocycles. The van der Waals surface area contributed by atoms with Gasteiger partial charge in [0.15, 0.2) is 0 Å². The molecule has 0 amide bonds. The molecule has 0 radical (unpaired) electrons. The monoisotopic (exact) mass is 206 g/mol. The van der Waals surface area contributed by atoms with Crippen molar-refractivity contribution in [2.45, 2.75) is 6.10 Å². The Balaban J connectivity index is 2.28. The van der Waals surface area contributed by atoms with Crippen LogP contribution in [0.3, 0.4) is 0 Å². The lowest BCUT2D eigenvalue weighted by Gasteiger charge is -2.07. The number of rotatable bonds is 2. The number of aromatic nitrogens is 2. The molecule has 1 aromatic carbocycles. The first-order valence-corrected chi connectivity index (χ1v) is 4.60. The van der Waals surface area contributed by atoms with Crippen molar-refractivity contribution in [3.05, 3.63) is 53.6 Å². The Morgan fingerprint density at radius 3 is 2.47 bits per heavy atom. The molecule has 1 aromatic heterocycles. The Bertz CT molecular complexity index is 450. The molecule has 2 rings (SSSR count). The van der Waals surface area contributed by atoms with Gasteiger partial charge in [0.2, 0.25) is 0 Å². The fourth-order valence-electron chi connectivity index (χ4n) is 1.39. The highest BCUT2D eigenvalue weighted by molar-refractivity contribution is 5.25. The number of benzene rings is 1.